The van der Waals surface area contributed by atoms with E-state index in [0.717, 1.165) is 12.1 Å². The number of nitrogens with one attached hydrogen (secondary N) is 2. The Hall–Kier alpha value is -3.02. The Morgan fingerprint density at radius 3 is 2.69 bits per heavy atom. The van der Waals surface area contributed by atoms with Crippen molar-refractivity contribution in [1.82, 2.24) is 0 Å². The largest absolute Gasteiger partial charge is 0.495 e. The molecule has 6 nitrogen and oxygen atoms in total. The van der Waals surface area contributed by atoms with Crippen molar-refractivity contribution in [3.8, 4) is 5.75 Å². The maximum absolute atomic E-state index is 12.6. The first-order chi connectivity index (χ1) is 12.5. The number of fused-ring (bicyclic) bond motifs is 1. The molecule has 0 spiro atoms. The number of benzene rings is 2. The molecule has 0 bridgehead atoms. The van der Waals surface area contributed by atoms with Crippen molar-refractivity contribution in [2.75, 3.05) is 29.2 Å². The molecular formula is C20H23N3O3. The van der Waals surface area contributed by atoms with Crippen LogP contribution in [-0.2, 0) is 16.0 Å². The molecule has 0 fully saturated rings. The fraction of sp³-hybridized carbons (Fsp3) is 0.300. The molecule has 3 rings (SSSR count). The van der Waals surface area contributed by atoms with E-state index in [1.54, 1.807) is 25.3 Å². The molecule has 6 heteroatoms. The maximum Gasteiger partial charge on any atom is 0.244 e. The fourth-order valence-corrected chi connectivity index (χ4v) is 3.30. The third-order valence-electron chi connectivity index (χ3n) is 4.46. The van der Waals surface area contributed by atoms with Crippen LogP contribution in [0.2, 0.25) is 0 Å². The van der Waals surface area contributed by atoms with Crippen LogP contribution in [-0.4, -0.2) is 31.5 Å². The molecule has 0 saturated heterocycles. The Labute approximate surface area is 153 Å². The highest BCUT2D eigenvalue weighted by atomic mass is 16.5. The van der Waals surface area contributed by atoms with Gasteiger partial charge in [0.05, 0.1) is 19.3 Å². The summed E-state index contributed by atoms with van der Waals surface area (Å²) in [6.45, 7) is 3.81. The number of hydrogen-bond donors (Lipinski definition) is 2. The lowest BCUT2D eigenvalue weighted by atomic mass is 10.1. The highest BCUT2D eigenvalue weighted by Gasteiger charge is 2.27. The quantitative estimate of drug-likeness (QED) is 0.867. The smallest absolute Gasteiger partial charge is 0.244 e. The second-order valence-electron chi connectivity index (χ2n) is 6.45. The van der Waals surface area contributed by atoms with E-state index < -0.39 is 0 Å². The average molecular weight is 353 g/mol. The summed E-state index contributed by atoms with van der Waals surface area (Å²) in [5.41, 5.74) is 3.50. The highest BCUT2D eigenvalue weighted by Crippen LogP contribution is 2.32. The highest BCUT2D eigenvalue weighted by molar-refractivity contribution is 5.97. The molecule has 1 aliphatic heterocycles. The van der Waals surface area contributed by atoms with Crippen molar-refractivity contribution in [2.24, 2.45) is 0 Å². The Morgan fingerprint density at radius 1 is 1.19 bits per heavy atom. The van der Waals surface area contributed by atoms with E-state index in [1.165, 1.54) is 12.5 Å². The summed E-state index contributed by atoms with van der Waals surface area (Å²) in [6, 6.07) is 13.6. The van der Waals surface area contributed by atoms with Gasteiger partial charge in [-0.1, -0.05) is 18.2 Å². The van der Waals surface area contributed by atoms with Crippen molar-refractivity contribution in [2.45, 2.75) is 26.3 Å². The van der Waals surface area contributed by atoms with E-state index in [1.807, 2.05) is 18.2 Å². The molecule has 1 heterocycles. The molecule has 136 valence electrons. The van der Waals surface area contributed by atoms with Crippen LogP contribution in [0, 0.1) is 0 Å². The summed E-state index contributed by atoms with van der Waals surface area (Å²) >= 11 is 0. The van der Waals surface area contributed by atoms with Crippen LogP contribution in [0.4, 0.5) is 17.1 Å². The number of anilines is 3. The number of methoxy groups -OCH3 is 1. The van der Waals surface area contributed by atoms with Gasteiger partial charge in [-0.15, -0.1) is 0 Å². The van der Waals surface area contributed by atoms with E-state index >= 15 is 0 Å². The summed E-state index contributed by atoms with van der Waals surface area (Å²) in [5, 5.41) is 5.60. The summed E-state index contributed by atoms with van der Waals surface area (Å²) in [7, 11) is 1.54. The van der Waals surface area contributed by atoms with Gasteiger partial charge < -0.3 is 20.3 Å². The third-order valence-corrected chi connectivity index (χ3v) is 4.46. The van der Waals surface area contributed by atoms with Gasteiger partial charge in [-0.3, -0.25) is 9.59 Å². The molecular weight excluding hydrogens is 330 g/mol. The first-order valence-electron chi connectivity index (χ1n) is 8.58. The molecule has 0 aromatic heterocycles. The number of carbonyl (C=O) groups is 2. The number of hydrogen-bond acceptors (Lipinski definition) is 4. The van der Waals surface area contributed by atoms with Gasteiger partial charge in [-0.25, -0.2) is 0 Å². The normalized spacial score (nSPS) is 15.3. The van der Waals surface area contributed by atoms with E-state index in [2.05, 4.69) is 28.5 Å². The van der Waals surface area contributed by atoms with Gasteiger partial charge in [0.2, 0.25) is 11.8 Å². The Balaban J connectivity index is 1.75. The Kier molecular flexibility index (Phi) is 5.11. The van der Waals surface area contributed by atoms with E-state index in [9.17, 15) is 9.59 Å². The van der Waals surface area contributed by atoms with Crippen molar-refractivity contribution < 1.29 is 14.3 Å². The number of para-hydroxylation sites is 1. The van der Waals surface area contributed by atoms with Crippen LogP contribution < -0.4 is 20.3 Å². The predicted molar refractivity (Wildman–Crippen MR) is 103 cm³/mol. The third kappa shape index (κ3) is 3.79. The van der Waals surface area contributed by atoms with Crippen LogP contribution in [0.5, 0.6) is 5.75 Å². The van der Waals surface area contributed by atoms with E-state index in [-0.39, 0.29) is 24.4 Å². The second kappa shape index (κ2) is 7.47. The minimum Gasteiger partial charge on any atom is -0.495 e. The lowest BCUT2D eigenvalue weighted by molar-refractivity contribution is -0.115. The van der Waals surface area contributed by atoms with Crippen LogP contribution >= 0.6 is 0 Å². The zero-order chi connectivity index (χ0) is 18.7. The monoisotopic (exact) mass is 353 g/mol. The Morgan fingerprint density at radius 2 is 1.96 bits per heavy atom. The van der Waals surface area contributed by atoms with Crippen LogP contribution in [0.1, 0.15) is 19.4 Å². The second-order valence-corrected chi connectivity index (χ2v) is 6.45. The van der Waals surface area contributed by atoms with Crippen molar-refractivity contribution in [3.63, 3.8) is 0 Å². The minimum absolute atomic E-state index is 0.133. The molecule has 0 unspecified atom stereocenters. The molecule has 1 aliphatic rings. The van der Waals surface area contributed by atoms with Crippen LogP contribution in [0.3, 0.4) is 0 Å². The minimum atomic E-state index is -0.171. The summed E-state index contributed by atoms with van der Waals surface area (Å²) in [6.07, 6.45) is 0.935. The SMILES string of the molecule is COc1ccc(NC(C)=O)cc1NC(=O)CN1c2ccccc2C[C@H]1C. The summed E-state index contributed by atoms with van der Waals surface area (Å²) in [4.78, 5) is 26.0. The summed E-state index contributed by atoms with van der Waals surface area (Å²) in [5.74, 6) is 0.240. The molecule has 0 aliphatic carbocycles. The van der Waals surface area contributed by atoms with E-state index in [0.29, 0.717) is 17.1 Å². The van der Waals surface area contributed by atoms with Crippen molar-refractivity contribution in [3.05, 3.63) is 48.0 Å². The number of carbonyl (C=O) groups excluding carboxylic acids is 2. The van der Waals surface area contributed by atoms with E-state index in [4.69, 9.17) is 4.74 Å². The number of rotatable bonds is 5. The average Bonchev–Trinajstić information content (AvgIpc) is 2.90. The predicted octanol–water partition coefficient (Wildman–Crippen LogP) is 3.04. The first-order valence-corrected chi connectivity index (χ1v) is 8.58. The van der Waals surface area contributed by atoms with Crippen LogP contribution in [0.15, 0.2) is 42.5 Å². The number of nitrogens with zero attached hydrogens (tertiary/aromatic N) is 1. The number of amides is 2. The molecule has 0 saturated carbocycles. The lowest BCUT2D eigenvalue weighted by Crippen LogP contribution is -2.37. The molecule has 1 atom stereocenters. The maximum atomic E-state index is 12.6. The van der Waals surface area contributed by atoms with Gasteiger partial charge in [0.15, 0.2) is 0 Å². The standard InChI is InChI=1S/C20H23N3O3/c1-13-10-15-6-4-5-7-18(15)23(13)12-20(25)22-17-11-16(21-14(2)24)8-9-19(17)26-3/h4-9,11,13H,10,12H2,1-3H3,(H,21,24)(H,22,25)/t13-/m1/s1. The van der Waals surface area contributed by atoms with Gasteiger partial charge in [-0.2, -0.15) is 0 Å². The zero-order valence-corrected chi connectivity index (χ0v) is 15.2. The first kappa shape index (κ1) is 17.8. The molecule has 26 heavy (non-hydrogen) atoms. The van der Waals surface area contributed by atoms with Crippen molar-refractivity contribution >= 4 is 28.9 Å². The lowest BCUT2D eigenvalue weighted by Gasteiger charge is -2.24. The Bertz CT molecular complexity index is 835. The zero-order valence-electron chi connectivity index (χ0n) is 15.2. The molecule has 2 aromatic rings. The van der Waals surface area contributed by atoms with Crippen LogP contribution in [0.25, 0.3) is 0 Å². The molecule has 2 aromatic carbocycles. The van der Waals surface area contributed by atoms with Gasteiger partial charge in [0.1, 0.15) is 5.75 Å². The number of ether oxygens (including phenoxy) is 1. The summed E-state index contributed by atoms with van der Waals surface area (Å²) < 4.78 is 5.31. The van der Waals surface area contributed by atoms with Gasteiger partial charge in [0, 0.05) is 24.3 Å². The van der Waals surface area contributed by atoms with Gasteiger partial charge in [0.25, 0.3) is 0 Å². The fourth-order valence-electron chi connectivity index (χ4n) is 3.30. The van der Waals surface area contributed by atoms with Crippen molar-refractivity contribution in [1.29, 1.82) is 0 Å². The van der Waals surface area contributed by atoms with Gasteiger partial charge in [-0.05, 0) is 43.2 Å². The van der Waals surface area contributed by atoms with Gasteiger partial charge >= 0.3 is 0 Å². The topological polar surface area (TPSA) is 70.7 Å². The molecule has 0 radical (unpaired) electrons. The molecule has 2 N–H and O–H groups in total. The molecule has 2 amide bonds.